The van der Waals surface area contributed by atoms with Crippen molar-refractivity contribution in [2.24, 2.45) is 5.73 Å². The standard InChI is InChI=1S/C29H31N7O.C28H29N7O.C27H27N7O/c1-21-14-25(10-9-23(21)19-35-13-5-6-27(20-35)34(2)3)33-29(37)24-15-22(16-30-17-24)8-11-26-18-31-28-7-4-12-32-36(26)28;1-20-14-25(7-6-22(20)19-34-12-9-24(29-2)10-13-34)33-28(36)23-15-21(16-30-17-23)5-8-26-18-31-27-4-3-11-32-35(26)27;1-19-13-24(6-5-21(19)18-33-11-8-23(28)9-12-33)32-27(35)22-14-20(15-29-16-22)4-7-25-17-30-26-3-2-10-31-34(25)26/h4,7,9-10,12,14-18,27H,5-6,13,19-20H2,1-3H3,(H,33,37);3-4,6-7,11,14-18,24,29H,9-10,12-13,19H2,1-2H3,(H,33,36);2-3,5-6,10,13-17,23H,8-9,11-12,18,28H2,1H3,(H,32,35)/t27-;;/m0../s1. The third-order valence-electron chi connectivity index (χ3n) is 19.7. The van der Waals surface area contributed by atoms with Crippen molar-refractivity contribution >= 4 is 51.7 Å². The maximum atomic E-state index is 13.0. The molecule has 108 heavy (non-hydrogen) atoms. The van der Waals surface area contributed by atoms with Crippen molar-refractivity contribution in [2.45, 2.75) is 97.1 Å². The molecule has 24 nitrogen and oxygen atoms in total. The van der Waals surface area contributed by atoms with Crippen molar-refractivity contribution in [3.63, 3.8) is 0 Å². The summed E-state index contributed by atoms with van der Waals surface area (Å²) < 4.78 is 5.02. The van der Waals surface area contributed by atoms with Gasteiger partial charge in [0.05, 0.1) is 35.3 Å². The highest BCUT2D eigenvalue weighted by Gasteiger charge is 2.24. The van der Waals surface area contributed by atoms with E-state index in [1.165, 1.54) is 53.5 Å². The number of hydrogen-bond acceptors (Lipinski definition) is 18. The molecule has 546 valence electrons. The Morgan fingerprint density at radius 3 is 1.19 bits per heavy atom. The minimum absolute atomic E-state index is 0.218. The van der Waals surface area contributed by atoms with Gasteiger partial charge in [-0.1, -0.05) is 36.0 Å². The molecule has 3 saturated heterocycles. The molecule has 3 aliphatic rings. The summed E-state index contributed by atoms with van der Waals surface area (Å²) in [5.41, 5.74) is 23.1. The van der Waals surface area contributed by atoms with Crippen LogP contribution in [0.25, 0.3) is 16.9 Å². The van der Waals surface area contributed by atoms with Crippen molar-refractivity contribution in [3.8, 4) is 35.5 Å². The SMILES string of the molecule is CNC1CCN(Cc2ccc(NC(=O)c3cncc(C#Cc4cnc5cccnn45)c3)cc2C)CC1.Cc1cc(NC(=O)c2cncc(C#Cc3cnc4cccnn34)c2)ccc1CN1CCC(N)CC1.Cc1cc(NC(=O)c2cncc(C#Cc3cnc4cccnn34)c2)ccc1CN1CCC[C@H](N(C)C)C1. The first kappa shape index (κ1) is 74.1. The molecule has 9 aromatic heterocycles. The average molecular weight is 1440 g/mol. The summed E-state index contributed by atoms with van der Waals surface area (Å²) in [7, 11) is 6.36. The highest BCUT2D eigenvalue weighted by atomic mass is 16.2. The first-order valence-electron chi connectivity index (χ1n) is 36.4. The van der Waals surface area contributed by atoms with Crippen molar-refractivity contribution in [3.05, 3.63) is 267 Å². The number of aryl methyl sites for hydroxylation is 3. The number of fused-ring (bicyclic) bond motifs is 3. The van der Waals surface area contributed by atoms with Gasteiger partial charge in [0.15, 0.2) is 16.9 Å². The molecule has 0 unspecified atom stereocenters. The number of anilines is 3. The van der Waals surface area contributed by atoms with E-state index in [2.05, 4.69) is 175 Å². The van der Waals surface area contributed by atoms with E-state index in [4.69, 9.17) is 5.73 Å². The van der Waals surface area contributed by atoms with E-state index in [1.54, 1.807) is 106 Å². The largest absolute Gasteiger partial charge is 0.328 e. The monoisotopic (exact) mass is 1440 g/mol. The summed E-state index contributed by atoms with van der Waals surface area (Å²) in [6.45, 7) is 15.5. The number of carbonyl (C=O) groups excluding carboxylic acids is 3. The van der Waals surface area contributed by atoms with Crippen LogP contribution in [0.5, 0.6) is 0 Å². The Bertz CT molecular complexity index is 5400. The molecule has 12 heterocycles. The minimum atomic E-state index is -0.227. The fourth-order valence-corrected chi connectivity index (χ4v) is 13.3. The molecule has 1 atom stereocenters. The van der Waals surface area contributed by atoms with E-state index in [9.17, 15) is 14.4 Å². The Balaban J connectivity index is 0.000000143. The maximum absolute atomic E-state index is 13.0. The van der Waals surface area contributed by atoms with Gasteiger partial charge < -0.3 is 31.9 Å². The van der Waals surface area contributed by atoms with E-state index in [-0.39, 0.29) is 17.7 Å². The minimum Gasteiger partial charge on any atom is -0.328 e. The van der Waals surface area contributed by atoms with Crippen LogP contribution in [0.2, 0.25) is 0 Å². The molecule has 0 radical (unpaired) electrons. The topological polar surface area (TPSA) is 268 Å². The number of likely N-dealkylation sites (tertiary alicyclic amines) is 3. The lowest BCUT2D eigenvalue weighted by Gasteiger charge is -2.36. The van der Waals surface area contributed by atoms with E-state index < -0.39 is 0 Å². The van der Waals surface area contributed by atoms with Crippen LogP contribution >= 0.6 is 0 Å². The predicted octanol–water partition coefficient (Wildman–Crippen LogP) is 9.89. The van der Waals surface area contributed by atoms with Crippen molar-refractivity contribution in [1.29, 1.82) is 0 Å². The molecular weight excluding hydrogens is 1350 g/mol. The van der Waals surface area contributed by atoms with Crippen LogP contribution in [-0.2, 0) is 19.6 Å². The lowest BCUT2D eigenvalue weighted by atomic mass is 10.0. The van der Waals surface area contributed by atoms with Crippen LogP contribution in [-0.4, -0.2) is 175 Å². The fraction of sp³-hybridized carbons (Fsp3) is 0.286. The number of aromatic nitrogens is 12. The normalized spacial score (nSPS) is 14.9. The first-order valence-corrected chi connectivity index (χ1v) is 36.4. The molecule has 0 saturated carbocycles. The zero-order chi connectivity index (χ0) is 74.9. The molecule has 15 rings (SSSR count). The Kier molecular flexibility index (Phi) is 24.2. The smallest absolute Gasteiger partial charge is 0.257 e. The second-order valence-corrected chi connectivity index (χ2v) is 27.7. The number of nitrogens with zero attached hydrogens (tertiary/aromatic N) is 16. The lowest BCUT2D eigenvalue weighted by molar-refractivity contribution is 0.101. The zero-order valence-electron chi connectivity index (χ0n) is 61.6. The van der Waals surface area contributed by atoms with Crippen LogP contribution in [0.4, 0.5) is 17.1 Å². The van der Waals surface area contributed by atoms with Gasteiger partial charge in [-0.15, -0.1) is 0 Å². The molecule has 0 bridgehead atoms. The zero-order valence-corrected chi connectivity index (χ0v) is 61.6. The molecule has 24 heteroatoms. The second kappa shape index (κ2) is 35.3. The maximum Gasteiger partial charge on any atom is 0.257 e. The summed E-state index contributed by atoms with van der Waals surface area (Å²) in [4.78, 5) is 74.0. The summed E-state index contributed by atoms with van der Waals surface area (Å²) in [6, 6.07) is 36.1. The summed E-state index contributed by atoms with van der Waals surface area (Å²) in [5.74, 6) is 17.7. The number of carbonyl (C=O) groups is 3. The predicted molar refractivity (Wildman–Crippen MR) is 419 cm³/mol. The number of piperidine rings is 3. The third kappa shape index (κ3) is 19.5. The summed E-state index contributed by atoms with van der Waals surface area (Å²) in [5, 5.41) is 25.1. The van der Waals surface area contributed by atoms with Gasteiger partial charge in [-0.3, -0.25) is 44.0 Å². The summed E-state index contributed by atoms with van der Waals surface area (Å²) in [6.07, 6.45) is 26.6. The first-order chi connectivity index (χ1) is 52.6. The quantitative estimate of drug-likeness (QED) is 0.0634. The van der Waals surface area contributed by atoms with Gasteiger partial charge in [-0.25, -0.2) is 28.5 Å². The number of hydrogen-bond donors (Lipinski definition) is 5. The fourth-order valence-electron chi connectivity index (χ4n) is 13.3. The molecule has 12 aromatic rings. The summed E-state index contributed by atoms with van der Waals surface area (Å²) >= 11 is 0. The molecule has 0 aliphatic carbocycles. The lowest BCUT2D eigenvalue weighted by Crippen LogP contribution is -2.44. The average Bonchev–Trinajstić information content (AvgIpc) is 1.73. The molecular formula is C84H87N21O3. The van der Waals surface area contributed by atoms with Crippen LogP contribution in [0.3, 0.4) is 0 Å². The Hall–Kier alpha value is -12.2. The molecule has 3 aliphatic heterocycles. The van der Waals surface area contributed by atoms with Crippen LogP contribution in [0.15, 0.2) is 184 Å². The number of pyridine rings is 3. The van der Waals surface area contributed by atoms with E-state index in [0.717, 1.165) is 111 Å². The Labute approximate surface area is 628 Å². The number of amides is 3. The number of imidazole rings is 3. The molecule has 0 spiro atoms. The van der Waals surface area contributed by atoms with Gasteiger partial charge in [0.1, 0.15) is 17.1 Å². The highest BCUT2D eigenvalue weighted by Crippen LogP contribution is 2.25. The number of rotatable bonds is 14. The van der Waals surface area contributed by atoms with Crippen molar-refractivity contribution in [2.75, 3.05) is 76.4 Å². The molecule has 3 aromatic carbocycles. The third-order valence-corrected chi connectivity index (χ3v) is 19.7. The molecule has 3 fully saturated rings. The number of nitrogens with one attached hydrogen (secondary N) is 4. The number of likely N-dealkylation sites (N-methyl/N-ethyl adjacent to an activating group) is 1. The second-order valence-electron chi connectivity index (χ2n) is 27.7. The van der Waals surface area contributed by atoms with Gasteiger partial charge in [-0.2, -0.15) is 15.3 Å². The van der Waals surface area contributed by atoms with Crippen LogP contribution in [0.1, 0.15) is 137 Å². The Morgan fingerprint density at radius 1 is 0.454 bits per heavy atom. The number of benzene rings is 3. The van der Waals surface area contributed by atoms with Crippen molar-refractivity contribution in [1.82, 2.24) is 83.7 Å². The van der Waals surface area contributed by atoms with Gasteiger partial charge in [0, 0.05) is 134 Å². The van der Waals surface area contributed by atoms with E-state index in [1.807, 2.05) is 79.8 Å². The van der Waals surface area contributed by atoms with Crippen LogP contribution < -0.4 is 27.0 Å². The van der Waals surface area contributed by atoms with Crippen molar-refractivity contribution < 1.29 is 14.4 Å². The van der Waals surface area contributed by atoms with Gasteiger partial charge in [0.2, 0.25) is 0 Å². The van der Waals surface area contributed by atoms with E-state index >= 15 is 0 Å². The van der Waals surface area contributed by atoms with E-state index in [0.29, 0.717) is 68.6 Å². The number of nitrogens with two attached hydrogens (primary N) is 1. The van der Waals surface area contributed by atoms with Gasteiger partial charge >= 0.3 is 0 Å². The molecule has 3 amide bonds. The Morgan fingerprint density at radius 2 is 0.824 bits per heavy atom. The van der Waals surface area contributed by atoms with Gasteiger partial charge in [0.25, 0.3) is 17.7 Å². The van der Waals surface area contributed by atoms with Crippen LogP contribution in [0, 0.1) is 56.3 Å². The molecule has 6 N–H and O–H groups in total. The highest BCUT2D eigenvalue weighted by molar-refractivity contribution is 6.05. The van der Waals surface area contributed by atoms with Gasteiger partial charge in [-0.05, 0) is 255 Å².